The molecular weight excluding hydrogens is 556 g/mol. The largest absolute Gasteiger partial charge is 0.481 e. The molecule has 0 aliphatic rings. The first-order chi connectivity index (χ1) is 20.5. The number of hydrogen-bond acceptors (Lipinski definition) is 7. The van der Waals surface area contributed by atoms with Crippen LogP contribution in [-0.2, 0) is 28.8 Å². The number of carbonyl (C=O) groups excluding carboxylic acids is 4. The van der Waals surface area contributed by atoms with Crippen LogP contribution in [0.4, 0.5) is 0 Å². The van der Waals surface area contributed by atoms with E-state index in [-0.39, 0.29) is 63.0 Å². The average molecular weight is 613 g/mol. The normalized spacial score (nSPS) is 12.4. The number of nitrogens with two attached hydrogens (primary N) is 1. The summed E-state index contributed by atoms with van der Waals surface area (Å²) >= 11 is 0. The maximum atomic E-state index is 12.5. The minimum atomic E-state index is -1.21. The van der Waals surface area contributed by atoms with Crippen molar-refractivity contribution in [2.24, 2.45) is 11.7 Å². The van der Waals surface area contributed by atoms with Crippen molar-refractivity contribution in [2.75, 3.05) is 19.6 Å². The predicted octanol–water partition coefficient (Wildman–Crippen LogP) is 3.40. The van der Waals surface area contributed by atoms with Crippen LogP contribution in [0.25, 0.3) is 0 Å². The van der Waals surface area contributed by atoms with Crippen LogP contribution in [0.3, 0.4) is 0 Å². The highest BCUT2D eigenvalue weighted by Crippen LogP contribution is 2.13. The lowest BCUT2D eigenvalue weighted by Gasteiger charge is -2.24. The third-order valence-electron chi connectivity index (χ3n) is 7.19. The zero-order valence-corrected chi connectivity index (χ0v) is 26.3. The summed E-state index contributed by atoms with van der Waals surface area (Å²) in [6.07, 6.45) is 13.7. The molecule has 0 rings (SSSR count). The van der Waals surface area contributed by atoms with E-state index in [1.165, 1.54) is 24.2 Å². The van der Waals surface area contributed by atoms with Crippen molar-refractivity contribution in [1.29, 1.82) is 0 Å². The van der Waals surface area contributed by atoms with Crippen molar-refractivity contribution in [3.8, 4) is 0 Å². The lowest BCUT2D eigenvalue weighted by Crippen LogP contribution is -2.47. The molecule has 0 spiro atoms. The first kappa shape index (κ1) is 40.0. The van der Waals surface area contributed by atoms with Crippen molar-refractivity contribution < 1.29 is 39.0 Å². The molecule has 3 amide bonds. The average Bonchev–Trinajstić information content (AvgIpc) is 2.93. The van der Waals surface area contributed by atoms with Gasteiger partial charge in [0.15, 0.2) is 0 Å². The summed E-state index contributed by atoms with van der Waals surface area (Å²) in [4.78, 5) is 71.3. The zero-order chi connectivity index (χ0) is 32.5. The Bertz CT molecular complexity index is 837. The minimum Gasteiger partial charge on any atom is -0.481 e. The van der Waals surface area contributed by atoms with E-state index >= 15 is 0 Å². The summed E-state index contributed by atoms with van der Waals surface area (Å²) in [6, 6.07) is -1.90. The van der Waals surface area contributed by atoms with Gasteiger partial charge in [-0.05, 0) is 31.6 Å². The number of carbonyl (C=O) groups is 6. The topological polar surface area (TPSA) is 196 Å². The molecule has 0 saturated carbocycles. The van der Waals surface area contributed by atoms with Gasteiger partial charge in [0.05, 0.1) is 12.6 Å². The molecule has 6 N–H and O–H groups in total. The lowest BCUT2D eigenvalue weighted by atomic mass is 10.0. The van der Waals surface area contributed by atoms with Gasteiger partial charge in [0.1, 0.15) is 12.3 Å². The van der Waals surface area contributed by atoms with Crippen molar-refractivity contribution in [3.05, 3.63) is 0 Å². The van der Waals surface area contributed by atoms with Gasteiger partial charge in [-0.25, -0.2) is 4.79 Å². The fraction of sp³-hybridized carbons (Fsp3) is 0.806. The number of aldehydes is 1. The number of carboxylic acid groups (broad SMARTS) is 2. The van der Waals surface area contributed by atoms with Crippen molar-refractivity contribution in [1.82, 2.24) is 15.5 Å². The van der Waals surface area contributed by atoms with Crippen LogP contribution in [0.15, 0.2) is 0 Å². The first-order valence-corrected chi connectivity index (χ1v) is 16.0. The van der Waals surface area contributed by atoms with E-state index in [1.54, 1.807) is 0 Å². The van der Waals surface area contributed by atoms with Crippen molar-refractivity contribution in [2.45, 2.75) is 135 Å². The number of unbranched alkanes of at least 4 members (excludes halogenated alkanes) is 11. The Hall–Kier alpha value is -3.02. The number of carboxylic acids is 2. The molecule has 0 bridgehead atoms. The number of amides is 3. The lowest BCUT2D eigenvalue weighted by molar-refractivity contribution is -0.142. The highest BCUT2D eigenvalue weighted by Gasteiger charge is 2.23. The Morgan fingerprint density at radius 1 is 0.767 bits per heavy atom. The molecule has 0 fully saturated rings. The quantitative estimate of drug-likeness (QED) is 0.0649. The number of nitrogens with zero attached hydrogens (tertiary/aromatic N) is 1. The van der Waals surface area contributed by atoms with Crippen LogP contribution in [0, 0.1) is 5.92 Å². The van der Waals surface area contributed by atoms with Crippen LogP contribution in [0.2, 0.25) is 0 Å². The number of hydrogen-bond donors (Lipinski definition) is 5. The van der Waals surface area contributed by atoms with Crippen LogP contribution >= 0.6 is 0 Å². The second kappa shape index (κ2) is 25.5. The fourth-order valence-corrected chi connectivity index (χ4v) is 4.77. The van der Waals surface area contributed by atoms with Crippen LogP contribution in [-0.4, -0.2) is 82.8 Å². The zero-order valence-electron chi connectivity index (χ0n) is 26.3. The molecule has 0 aromatic rings. The first-order valence-electron chi connectivity index (χ1n) is 16.0. The SMILES string of the molecule is CC(C)C[C@H](N)C(=O)N(CC=O)CCNC(=O)CCC(NC(=O)CCCCCCCCCCCCCCC(=O)O)C(=O)O. The molecule has 0 aliphatic carbocycles. The summed E-state index contributed by atoms with van der Waals surface area (Å²) in [5, 5.41) is 23.2. The molecule has 0 saturated heterocycles. The summed E-state index contributed by atoms with van der Waals surface area (Å²) in [5.41, 5.74) is 5.93. The summed E-state index contributed by atoms with van der Waals surface area (Å²) in [7, 11) is 0. The molecule has 2 atom stereocenters. The van der Waals surface area contributed by atoms with E-state index in [1.807, 2.05) is 13.8 Å². The van der Waals surface area contributed by atoms with Crippen LogP contribution in [0.1, 0.15) is 123 Å². The van der Waals surface area contributed by atoms with Gasteiger partial charge in [0.25, 0.3) is 0 Å². The fourth-order valence-electron chi connectivity index (χ4n) is 4.77. The standard InChI is InChI=1S/C31H56N4O8/c1-24(2)23-25(32)30(41)35(21-22-36)20-19-33-27(37)18-17-26(31(42)43)34-28(38)15-13-11-9-7-5-3-4-6-8-10-12-14-16-29(39)40/h22,24-26H,3-21,23,32H2,1-2H3,(H,33,37)(H,34,38)(H,39,40)(H,42,43)/t25-,26?/m0/s1. The van der Waals surface area contributed by atoms with Crippen LogP contribution < -0.4 is 16.4 Å². The third kappa shape index (κ3) is 23.2. The minimum absolute atomic E-state index is 0.0640. The monoisotopic (exact) mass is 612 g/mol. The molecule has 0 radical (unpaired) electrons. The molecule has 0 aromatic carbocycles. The maximum absolute atomic E-state index is 12.5. The Morgan fingerprint density at radius 3 is 1.74 bits per heavy atom. The highest BCUT2D eigenvalue weighted by atomic mass is 16.4. The Balaban J connectivity index is 4.07. The maximum Gasteiger partial charge on any atom is 0.326 e. The summed E-state index contributed by atoms with van der Waals surface area (Å²) in [5.74, 6) is -2.85. The molecule has 0 heterocycles. The third-order valence-corrected chi connectivity index (χ3v) is 7.19. The second-order valence-corrected chi connectivity index (χ2v) is 11.7. The van der Waals surface area contributed by atoms with E-state index in [9.17, 15) is 33.9 Å². The molecular formula is C31H56N4O8. The second-order valence-electron chi connectivity index (χ2n) is 11.7. The van der Waals surface area contributed by atoms with E-state index in [0.717, 1.165) is 51.4 Å². The molecule has 1 unspecified atom stereocenters. The molecule has 43 heavy (non-hydrogen) atoms. The van der Waals surface area contributed by atoms with Gasteiger partial charge in [-0.15, -0.1) is 0 Å². The van der Waals surface area contributed by atoms with Gasteiger partial charge in [-0.3, -0.25) is 19.2 Å². The highest BCUT2D eigenvalue weighted by molar-refractivity contribution is 5.85. The number of nitrogens with one attached hydrogen (secondary N) is 2. The molecule has 12 nitrogen and oxygen atoms in total. The van der Waals surface area contributed by atoms with Gasteiger partial charge in [-0.1, -0.05) is 78.1 Å². The molecule has 0 aromatic heterocycles. The molecule has 12 heteroatoms. The number of aliphatic carboxylic acids is 2. The van der Waals surface area contributed by atoms with Crippen LogP contribution in [0.5, 0.6) is 0 Å². The van der Waals surface area contributed by atoms with E-state index in [2.05, 4.69) is 10.6 Å². The Morgan fingerprint density at radius 2 is 1.28 bits per heavy atom. The van der Waals surface area contributed by atoms with Crippen molar-refractivity contribution >= 4 is 35.9 Å². The van der Waals surface area contributed by atoms with E-state index < -0.39 is 29.9 Å². The summed E-state index contributed by atoms with van der Waals surface area (Å²) < 4.78 is 0. The van der Waals surface area contributed by atoms with Gasteiger partial charge in [-0.2, -0.15) is 0 Å². The van der Waals surface area contributed by atoms with Crippen molar-refractivity contribution in [3.63, 3.8) is 0 Å². The van der Waals surface area contributed by atoms with Gasteiger partial charge in [0, 0.05) is 32.4 Å². The van der Waals surface area contributed by atoms with E-state index in [4.69, 9.17) is 10.8 Å². The van der Waals surface area contributed by atoms with Gasteiger partial charge >= 0.3 is 11.9 Å². The smallest absolute Gasteiger partial charge is 0.326 e. The Labute approximate surface area is 256 Å². The number of rotatable bonds is 28. The summed E-state index contributed by atoms with van der Waals surface area (Å²) in [6.45, 7) is 3.94. The molecule has 0 aliphatic heterocycles. The predicted molar refractivity (Wildman–Crippen MR) is 164 cm³/mol. The molecule has 248 valence electrons. The Kier molecular flexibility index (Phi) is 23.7. The van der Waals surface area contributed by atoms with E-state index in [0.29, 0.717) is 19.1 Å². The van der Waals surface area contributed by atoms with Gasteiger partial charge in [0.2, 0.25) is 17.7 Å². The van der Waals surface area contributed by atoms with Gasteiger partial charge < -0.3 is 36.3 Å².